The third-order valence-electron chi connectivity index (χ3n) is 3.01. The van der Waals surface area contributed by atoms with E-state index in [4.69, 9.17) is 5.11 Å². The van der Waals surface area contributed by atoms with Crippen molar-refractivity contribution in [2.45, 2.75) is 0 Å². The molecular weight excluding hydrogens is 320 g/mol. The molecule has 0 saturated carbocycles. The Balaban J connectivity index is 2.20. The molecular formula is C15H12N2O7. The van der Waals surface area contributed by atoms with E-state index in [2.05, 4.69) is 10.5 Å². The molecule has 9 heteroatoms. The summed E-state index contributed by atoms with van der Waals surface area (Å²) < 4.78 is 0. The Hall–Kier alpha value is -3.75. The van der Waals surface area contributed by atoms with Gasteiger partial charge in [-0.15, -0.1) is 0 Å². The van der Waals surface area contributed by atoms with Crippen LogP contribution in [-0.2, 0) is 0 Å². The smallest absolute Gasteiger partial charge is 0.340 e. The number of carboxylic acid groups (broad SMARTS) is 1. The summed E-state index contributed by atoms with van der Waals surface area (Å²) in [4.78, 5) is 22.9. The van der Waals surface area contributed by atoms with E-state index in [-0.39, 0.29) is 16.9 Å². The zero-order valence-corrected chi connectivity index (χ0v) is 12.0. The van der Waals surface area contributed by atoms with Gasteiger partial charge in [0.1, 0.15) is 5.56 Å². The van der Waals surface area contributed by atoms with E-state index in [1.807, 2.05) is 0 Å². The molecule has 1 amide bonds. The van der Waals surface area contributed by atoms with Crippen molar-refractivity contribution in [2.75, 3.05) is 0 Å². The Morgan fingerprint density at radius 3 is 2.25 bits per heavy atom. The summed E-state index contributed by atoms with van der Waals surface area (Å²) in [5.41, 5.74) is 1.48. The van der Waals surface area contributed by atoms with E-state index in [0.717, 1.165) is 24.4 Å². The second-order valence-corrected chi connectivity index (χ2v) is 4.61. The third-order valence-corrected chi connectivity index (χ3v) is 3.01. The number of aromatic hydroxyl groups is 4. The van der Waals surface area contributed by atoms with Gasteiger partial charge in [-0.2, -0.15) is 5.10 Å². The van der Waals surface area contributed by atoms with Gasteiger partial charge in [-0.1, -0.05) is 0 Å². The number of rotatable bonds is 4. The number of phenols is 4. The summed E-state index contributed by atoms with van der Waals surface area (Å²) in [6.07, 6.45) is 0.973. The maximum Gasteiger partial charge on any atom is 0.340 e. The van der Waals surface area contributed by atoms with Gasteiger partial charge in [-0.25, -0.2) is 10.2 Å². The summed E-state index contributed by atoms with van der Waals surface area (Å²) in [6, 6.07) is 5.65. The molecule has 0 radical (unpaired) electrons. The van der Waals surface area contributed by atoms with Gasteiger partial charge in [0, 0.05) is 11.1 Å². The van der Waals surface area contributed by atoms with Crippen LogP contribution in [0.15, 0.2) is 35.4 Å². The third kappa shape index (κ3) is 3.35. The zero-order chi connectivity index (χ0) is 17.9. The molecule has 0 spiro atoms. The number of nitrogens with zero attached hydrogens (tertiary/aromatic N) is 1. The number of aromatic carboxylic acids is 1. The molecule has 0 bridgehead atoms. The fourth-order valence-electron chi connectivity index (χ4n) is 1.82. The lowest BCUT2D eigenvalue weighted by Crippen LogP contribution is -2.17. The number of carbonyl (C=O) groups is 2. The van der Waals surface area contributed by atoms with Crippen LogP contribution in [0.5, 0.6) is 23.0 Å². The summed E-state index contributed by atoms with van der Waals surface area (Å²) >= 11 is 0. The molecule has 2 rings (SSSR count). The number of hydrazone groups is 1. The molecule has 0 aliphatic rings. The predicted octanol–water partition coefficient (Wildman–Crippen LogP) is 0.971. The van der Waals surface area contributed by atoms with Crippen molar-refractivity contribution >= 4 is 18.1 Å². The molecule has 6 N–H and O–H groups in total. The Bertz CT molecular complexity index is 846. The number of carboxylic acids is 1. The topological polar surface area (TPSA) is 160 Å². The van der Waals surface area contributed by atoms with Gasteiger partial charge in [-0.05, 0) is 30.3 Å². The van der Waals surface area contributed by atoms with Crippen molar-refractivity contribution in [3.63, 3.8) is 0 Å². The lowest BCUT2D eigenvalue weighted by atomic mass is 10.1. The lowest BCUT2D eigenvalue weighted by molar-refractivity contribution is 0.0692. The molecule has 0 aliphatic heterocycles. The van der Waals surface area contributed by atoms with Crippen LogP contribution in [0, 0.1) is 0 Å². The number of hydrogen-bond donors (Lipinski definition) is 6. The molecule has 0 aromatic heterocycles. The summed E-state index contributed by atoms with van der Waals surface area (Å²) in [5, 5.41) is 50.0. The van der Waals surface area contributed by atoms with Crippen molar-refractivity contribution < 1.29 is 35.1 Å². The highest BCUT2D eigenvalue weighted by molar-refractivity contribution is 6.02. The number of nitrogens with one attached hydrogen (secondary N) is 1. The summed E-state index contributed by atoms with van der Waals surface area (Å²) in [7, 11) is 0. The monoisotopic (exact) mass is 332 g/mol. The fourth-order valence-corrected chi connectivity index (χ4v) is 1.82. The van der Waals surface area contributed by atoms with Crippen LogP contribution in [0.3, 0.4) is 0 Å². The zero-order valence-electron chi connectivity index (χ0n) is 12.0. The van der Waals surface area contributed by atoms with E-state index in [1.165, 1.54) is 12.1 Å². The Labute approximate surface area is 134 Å². The van der Waals surface area contributed by atoms with Crippen molar-refractivity contribution in [3.05, 3.63) is 47.0 Å². The minimum Gasteiger partial charge on any atom is -0.504 e. The minimum atomic E-state index is -1.49. The van der Waals surface area contributed by atoms with Crippen LogP contribution in [0.25, 0.3) is 0 Å². The number of hydrogen-bond acceptors (Lipinski definition) is 7. The highest BCUT2D eigenvalue weighted by atomic mass is 16.4. The second kappa shape index (κ2) is 6.57. The van der Waals surface area contributed by atoms with Crippen molar-refractivity contribution in [3.8, 4) is 23.0 Å². The fraction of sp³-hybridized carbons (Fsp3) is 0. The normalized spacial score (nSPS) is 10.7. The van der Waals surface area contributed by atoms with Gasteiger partial charge in [0.2, 0.25) is 0 Å². The van der Waals surface area contributed by atoms with E-state index >= 15 is 0 Å². The van der Waals surface area contributed by atoms with E-state index in [1.54, 1.807) is 0 Å². The first-order chi connectivity index (χ1) is 11.3. The van der Waals surface area contributed by atoms with Gasteiger partial charge in [0.05, 0.1) is 6.21 Å². The van der Waals surface area contributed by atoms with Crippen molar-refractivity contribution in [2.24, 2.45) is 5.10 Å². The SMILES string of the molecule is O=C(NN=Cc1ccc(O)c(O)c1C(=O)O)c1ccc(O)c(O)c1. The molecule has 0 unspecified atom stereocenters. The molecule has 0 saturated heterocycles. The number of carbonyl (C=O) groups excluding carboxylic acids is 1. The molecule has 0 aliphatic carbocycles. The lowest BCUT2D eigenvalue weighted by Gasteiger charge is -2.06. The number of amides is 1. The first-order valence-electron chi connectivity index (χ1n) is 6.45. The van der Waals surface area contributed by atoms with Crippen molar-refractivity contribution in [1.82, 2.24) is 5.43 Å². The standard InChI is InChI=1S/C15H12N2O7/c18-9-3-1-7(5-11(9)20)14(22)17-16-6-8-2-4-10(19)13(21)12(8)15(23)24/h1-6,18-21H,(H,17,22)(H,23,24). The van der Waals surface area contributed by atoms with Gasteiger partial charge in [0.25, 0.3) is 5.91 Å². The van der Waals surface area contributed by atoms with Crippen LogP contribution in [0.1, 0.15) is 26.3 Å². The molecule has 24 heavy (non-hydrogen) atoms. The largest absolute Gasteiger partial charge is 0.504 e. The van der Waals surface area contributed by atoms with Crippen molar-refractivity contribution in [1.29, 1.82) is 0 Å². The van der Waals surface area contributed by atoms with Gasteiger partial charge >= 0.3 is 5.97 Å². The molecule has 0 fully saturated rings. The maximum absolute atomic E-state index is 11.8. The van der Waals surface area contributed by atoms with Crippen LogP contribution < -0.4 is 5.43 Å². The molecule has 9 nitrogen and oxygen atoms in total. The van der Waals surface area contributed by atoms with Gasteiger partial charge < -0.3 is 25.5 Å². The first-order valence-corrected chi connectivity index (χ1v) is 6.45. The Morgan fingerprint density at radius 1 is 0.958 bits per heavy atom. The molecule has 0 atom stereocenters. The van der Waals surface area contributed by atoms with Crippen LogP contribution in [-0.4, -0.2) is 43.6 Å². The highest BCUT2D eigenvalue weighted by Gasteiger charge is 2.17. The Kier molecular flexibility index (Phi) is 4.55. The van der Waals surface area contributed by atoms with E-state index in [9.17, 15) is 30.0 Å². The molecule has 0 heterocycles. The maximum atomic E-state index is 11.8. The van der Waals surface area contributed by atoms with Gasteiger partial charge in [-0.3, -0.25) is 4.79 Å². The quantitative estimate of drug-likeness (QED) is 0.276. The average molecular weight is 332 g/mol. The van der Waals surface area contributed by atoms with Crippen LogP contribution in [0.2, 0.25) is 0 Å². The number of phenolic OH excluding ortho intramolecular Hbond substituents is 3. The van der Waals surface area contributed by atoms with E-state index < -0.39 is 34.7 Å². The minimum absolute atomic E-state index is 0.00876. The average Bonchev–Trinajstić information content (AvgIpc) is 2.53. The number of benzene rings is 2. The van der Waals surface area contributed by atoms with Gasteiger partial charge in [0.15, 0.2) is 23.0 Å². The summed E-state index contributed by atoms with van der Waals surface area (Å²) in [5.74, 6) is -4.50. The molecule has 2 aromatic carbocycles. The second-order valence-electron chi connectivity index (χ2n) is 4.61. The highest BCUT2D eigenvalue weighted by Crippen LogP contribution is 2.30. The molecule has 124 valence electrons. The molecule has 2 aromatic rings. The van der Waals surface area contributed by atoms with E-state index in [0.29, 0.717) is 0 Å². The Morgan fingerprint density at radius 2 is 1.62 bits per heavy atom. The van der Waals surface area contributed by atoms with Crippen LogP contribution in [0.4, 0.5) is 0 Å². The summed E-state index contributed by atoms with van der Waals surface area (Å²) in [6.45, 7) is 0. The predicted molar refractivity (Wildman–Crippen MR) is 81.6 cm³/mol. The first kappa shape index (κ1) is 16.6. The van der Waals surface area contributed by atoms with Crippen LogP contribution >= 0.6 is 0 Å².